The highest BCUT2D eigenvalue weighted by Crippen LogP contribution is 2.46. The summed E-state index contributed by atoms with van der Waals surface area (Å²) in [4.78, 5) is 66.0. The summed E-state index contributed by atoms with van der Waals surface area (Å²) in [5.41, 5.74) is -2.01. The number of carbonyl (C=O) groups is 4. The quantitative estimate of drug-likeness (QED) is 0.241. The van der Waals surface area contributed by atoms with E-state index in [1.165, 1.54) is 17.4 Å². The molecule has 0 bridgehead atoms. The van der Waals surface area contributed by atoms with E-state index in [9.17, 15) is 27.6 Å². The number of sulfonamides is 1. The molecule has 4 heterocycles. The molecule has 2 aliphatic heterocycles. The molecule has 2 saturated carbocycles. The van der Waals surface area contributed by atoms with Crippen LogP contribution in [0.3, 0.4) is 0 Å². The predicted molar refractivity (Wildman–Crippen MR) is 202 cm³/mol. The van der Waals surface area contributed by atoms with Gasteiger partial charge in [-0.3, -0.25) is 19.1 Å². The fraction of sp³-hybridized carbons (Fsp3) is 0.526. The SMILES string of the molecule is COc1ccc2c(OC3C[C@H]4C(=O)N[C@]5(C(=O)NS(=O)(=O)C6CC6)C[C@H]5C=CCCCNC[C@H](NC(=O)OC(C)(C)C)C(=O)N4C3)nc(-c3ncco3)cc2c1. The second kappa shape index (κ2) is 15.4. The van der Waals surface area contributed by atoms with E-state index >= 15 is 0 Å². The minimum absolute atomic E-state index is 0.0225. The Morgan fingerprint density at radius 2 is 1.95 bits per heavy atom. The average molecular weight is 794 g/mol. The van der Waals surface area contributed by atoms with E-state index < -0.39 is 74.3 Å². The largest absolute Gasteiger partial charge is 0.497 e. The molecule has 2 aromatic heterocycles. The third kappa shape index (κ3) is 8.60. The second-order valence-corrected chi connectivity index (χ2v) is 17.6. The number of aromatic nitrogens is 2. The van der Waals surface area contributed by atoms with Crippen molar-refractivity contribution >= 4 is 44.6 Å². The predicted octanol–water partition coefficient (Wildman–Crippen LogP) is 2.56. The molecule has 3 fully saturated rings. The van der Waals surface area contributed by atoms with Crippen LogP contribution in [0.5, 0.6) is 11.6 Å². The molecule has 4 aliphatic rings. The zero-order chi connectivity index (χ0) is 39.8. The molecule has 1 unspecified atom stereocenters. The Balaban J connectivity index is 1.22. The van der Waals surface area contributed by atoms with E-state index in [4.69, 9.17) is 23.6 Å². The van der Waals surface area contributed by atoms with Gasteiger partial charge >= 0.3 is 6.09 Å². The second-order valence-electron chi connectivity index (χ2n) is 15.6. The van der Waals surface area contributed by atoms with Gasteiger partial charge in [-0.25, -0.2) is 23.2 Å². The van der Waals surface area contributed by atoms with Crippen molar-refractivity contribution in [3.63, 3.8) is 0 Å². The number of allylic oxidation sites excluding steroid dienone is 1. The van der Waals surface area contributed by atoms with Crippen molar-refractivity contribution in [3.8, 4) is 23.2 Å². The number of pyridine rings is 1. The maximum atomic E-state index is 14.5. The van der Waals surface area contributed by atoms with Crippen LogP contribution in [-0.2, 0) is 29.1 Å². The summed E-state index contributed by atoms with van der Waals surface area (Å²) in [6, 6.07) is 4.80. The van der Waals surface area contributed by atoms with Crippen LogP contribution in [0.25, 0.3) is 22.4 Å². The highest BCUT2D eigenvalue weighted by atomic mass is 32.2. The summed E-state index contributed by atoms with van der Waals surface area (Å²) < 4.78 is 50.9. The van der Waals surface area contributed by atoms with Crippen LogP contribution in [0.2, 0.25) is 0 Å². The Morgan fingerprint density at radius 3 is 2.66 bits per heavy atom. The van der Waals surface area contributed by atoms with Crippen LogP contribution >= 0.6 is 0 Å². The van der Waals surface area contributed by atoms with E-state index in [1.807, 2.05) is 12.2 Å². The molecule has 5 atom stereocenters. The van der Waals surface area contributed by atoms with Gasteiger partial charge in [-0.15, -0.1) is 0 Å². The Bertz CT molecular complexity index is 2130. The number of hydrogen-bond donors (Lipinski definition) is 4. The molecular formula is C38H47N7O10S. The first-order valence-electron chi connectivity index (χ1n) is 18.8. The number of nitrogens with one attached hydrogen (secondary N) is 4. The van der Waals surface area contributed by atoms with Crippen molar-refractivity contribution in [2.24, 2.45) is 5.92 Å². The number of methoxy groups -OCH3 is 1. The third-order valence-electron chi connectivity index (χ3n) is 10.2. The van der Waals surface area contributed by atoms with Gasteiger partial charge in [0.1, 0.15) is 47.0 Å². The van der Waals surface area contributed by atoms with Gasteiger partial charge in [0, 0.05) is 24.3 Å². The Kier molecular flexibility index (Phi) is 10.7. The van der Waals surface area contributed by atoms with E-state index in [0.29, 0.717) is 54.4 Å². The number of ether oxygens (including phenoxy) is 3. The fourth-order valence-electron chi connectivity index (χ4n) is 7.08. The standard InChI is InChI=1S/C38H47N7O10S/c1-37(2,3)55-36(49)42-29-20-39-13-7-5-6-8-23-19-38(23,35(48)44-56(50,51)26-10-11-26)43-31(46)30-18-25(21-45(30)34(29)47)54-32-27-12-9-24(52-4)16-22(27)17-28(41-32)33-40-14-15-53-33/h6,8-9,12,14-17,23,25-26,29-30,39H,5,7,10-11,13,18-21H2,1-4H3,(H,42,49)(H,43,46)(H,44,48)/t23-,25?,29+,30+,38-/m1/s1. The minimum atomic E-state index is -3.92. The molecule has 18 heteroatoms. The van der Waals surface area contributed by atoms with E-state index in [0.717, 1.165) is 0 Å². The summed E-state index contributed by atoms with van der Waals surface area (Å²) in [5, 5.41) is 9.45. The normalized spacial score (nSPS) is 25.9. The molecule has 7 rings (SSSR count). The van der Waals surface area contributed by atoms with Gasteiger partial charge < -0.3 is 39.5 Å². The summed E-state index contributed by atoms with van der Waals surface area (Å²) in [6.45, 7) is 5.56. The molecule has 0 radical (unpaired) electrons. The molecule has 4 amide bonds. The van der Waals surface area contributed by atoms with E-state index in [-0.39, 0.29) is 37.7 Å². The van der Waals surface area contributed by atoms with Crippen molar-refractivity contribution in [1.82, 2.24) is 35.5 Å². The van der Waals surface area contributed by atoms with E-state index in [2.05, 4.69) is 25.7 Å². The smallest absolute Gasteiger partial charge is 0.408 e. The van der Waals surface area contributed by atoms with Crippen LogP contribution in [0, 0.1) is 5.92 Å². The number of oxazole rings is 1. The molecule has 1 saturated heterocycles. The van der Waals surface area contributed by atoms with Crippen molar-refractivity contribution in [2.45, 2.75) is 93.9 Å². The monoisotopic (exact) mass is 793 g/mol. The van der Waals surface area contributed by atoms with Crippen molar-refractivity contribution in [2.75, 3.05) is 26.7 Å². The van der Waals surface area contributed by atoms with Crippen LogP contribution in [-0.4, -0.2) is 108 Å². The fourth-order valence-corrected chi connectivity index (χ4v) is 8.45. The maximum Gasteiger partial charge on any atom is 0.408 e. The lowest BCUT2D eigenvalue weighted by Gasteiger charge is -2.30. The molecule has 17 nitrogen and oxygen atoms in total. The number of fused-ring (bicyclic) bond motifs is 3. The van der Waals surface area contributed by atoms with Gasteiger partial charge in [-0.1, -0.05) is 12.2 Å². The third-order valence-corrected chi connectivity index (χ3v) is 12.0. The van der Waals surface area contributed by atoms with Crippen LogP contribution in [0.1, 0.15) is 59.3 Å². The van der Waals surface area contributed by atoms with Crippen molar-refractivity contribution in [1.29, 1.82) is 0 Å². The molecule has 2 aliphatic carbocycles. The molecule has 4 N–H and O–H groups in total. The Labute approximate surface area is 324 Å². The summed E-state index contributed by atoms with van der Waals surface area (Å²) in [7, 11) is -2.37. The van der Waals surface area contributed by atoms with E-state index in [1.54, 1.807) is 52.1 Å². The number of amides is 4. The summed E-state index contributed by atoms with van der Waals surface area (Å²) in [5.74, 6) is -1.51. The van der Waals surface area contributed by atoms with Gasteiger partial charge in [0.25, 0.3) is 5.91 Å². The van der Waals surface area contributed by atoms with Gasteiger partial charge in [0.15, 0.2) is 0 Å². The van der Waals surface area contributed by atoms with Gasteiger partial charge in [0.2, 0.25) is 33.6 Å². The van der Waals surface area contributed by atoms with Crippen molar-refractivity contribution in [3.05, 3.63) is 48.9 Å². The number of rotatable bonds is 8. The van der Waals surface area contributed by atoms with Crippen molar-refractivity contribution < 1.29 is 46.2 Å². The molecule has 300 valence electrons. The van der Waals surface area contributed by atoms with Crippen LogP contribution < -0.4 is 30.1 Å². The molecular weight excluding hydrogens is 747 g/mol. The lowest BCUT2D eigenvalue weighted by Crippen LogP contribution is -2.59. The first-order chi connectivity index (χ1) is 26.7. The molecule has 56 heavy (non-hydrogen) atoms. The molecule has 3 aromatic rings. The number of alkyl carbamates (subject to hydrolysis) is 1. The lowest BCUT2D eigenvalue weighted by atomic mass is 10.1. The maximum absolute atomic E-state index is 14.5. The van der Waals surface area contributed by atoms with Gasteiger partial charge in [0.05, 0.1) is 25.1 Å². The average Bonchev–Trinajstić information content (AvgIpc) is 4.00. The Hall–Kier alpha value is -5.23. The molecule has 0 spiro atoms. The summed E-state index contributed by atoms with van der Waals surface area (Å²) in [6.07, 6.45) is 7.38. The topological polar surface area (TPSA) is 220 Å². The Morgan fingerprint density at radius 1 is 1.14 bits per heavy atom. The van der Waals surface area contributed by atoms with Gasteiger partial charge in [-0.05, 0) is 89.1 Å². The summed E-state index contributed by atoms with van der Waals surface area (Å²) >= 11 is 0. The highest BCUT2D eigenvalue weighted by molar-refractivity contribution is 7.91. The number of carbonyl (C=O) groups excluding carboxylic acids is 4. The molecule has 1 aromatic carbocycles. The minimum Gasteiger partial charge on any atom is -0.497 e. The zero-order valence-electron chi connectivity index (χ0n) is 31.7. The van der Waals surface area contributed by atoms with Crippen LogP contribution in [0.15, 0.2) is 53.3 Å². The van der Waals surface area contributed by atoms with Crippen LogP contribution in [0.4, 0.5) is 4.79 Å². The first kappa shape index (κ1) is 39.0. The highest BCUT2D eigenvalue weighted by Gasteiger charge is 2.62. The first-order valence-corrected chi connectivity index (χ1v) is 20.3. The number of hydrogen-bond acceptors (Lipinski definition) is 13. The zero-order valence-corrected chi connectivity index (χ0v) is 32.5. The number of nitrogens with zero attached hydrogens (tertiary/aromatic N) is 3. The van der Waals surface area contributed by atoms with Gasteiger partial charge in [-0.2, -0.15) is 0 Å². The number of benzene rings is 1. The lowest BCUT2D eigenvalue weighted by molar-refractivity contribution is -0.141.